The Labute approximate surface area is 175 Å². The molecule has 9 heteroatoms. The molecule has 158 valence electrons. The number of benzene rings is 2. The fourth-order valence-electron chi connectivity index (χ4n) is 2.89. The summed E-state index contributed by atoms with van der Waals surface area (Å²) in [6, 6.07) is 13.9. The molecule has 1 aromatic heterocycles. The van der Waals surface area contributed by atoms with Crippen molar-refractivity contribution in [1.82, 2.24) is 15.1 Å². The predicted molar refractivity (Wildman–Crippen MR) is 112 cm³/mol. The normalized spacial score (nSPS) is 11.5. The van der Waals surface area contributed by atoms with Gasteiger partial charge in [-0.15, -0.1) is 0 Å². The van der Waals surface area contributed by atoms with E-state index in [1.54, 1.807) is 45.2 Å². The van der Waals surface area contributed by atoms with Crippen molar-refractivity contribution in [3.8, 4) is 0 Å². The van der Waals surface area contributed by atoms with Gasteiger partial charge in [0.1, 0.15) is 5.82 Å². The number of aryl methyl sites for hydroxylation is 1. The van der Waals surface area contributed by atoms with Gasteiger partial charge in [0.2, 0.25) is 0 Å². The fraction of sp³-hybridized carbons (Fsp3) is 0.238. The van der Waals surface area contributed by atoms with E-state index in [1.165, 1.54) is 29.1 Å². The monoisotopic (exact) mass is 430 g/mol. The van der Waals surface area contributed by atoms with Crippen LogP contribution in [-0.4, -0.2) is 30.1 Å². The zero-order valence-electron chi connectivity index (χ0n) is 16.9. The Morgan fingerprint density at radius 2 is 1.87 bits per heavy atom. The van der Waals surface area contributed by atoms with Crippen molar-refractivity contribution in [3.05, 3.63) is 77.7 Å². The molecule has 0 aliphatic heterocycles. The van der Waals surface area contributed by atoms with E-state index in [1.807, 2.05) is 6.07 Å². The van der Waals surface area contributed by atoms with Gasteiger partial charge in [0.05, 0.1) is 17.8 Å². The van der Waals surface area contributed by atoms with Crippen molar-refractivity contribution in [3.63, 3.8) is 0 Å². The number of hydrogen-bond acceptors (Lipinski definition) is 4. The number of rotatable bonds is 7. The minimum Gasteiger partial charge on any atom is -0.350 e. The average molecular weight is 431 g/mol. The molecule has 1 amide bonds. The van der Waals surface area contributed by atoms with E-state index in [2.05, 4.69) is 10.4 Å². The fourth-order valence-corrected chi connectivity index (χ4v) is 4.29. The number of carbonyl (C=O) groups excluding carboxylic acids is 1. The Balaban J connectivity index is 2.09. The van der Waals surface area contributed by atoms with E-state index in [0.717, 1.165) is 15.9 Å². The second kappa shape index (κ2) is 8.66. The first-order valence-corrected chi connectivity index (χ1v) is 10.8. The molecule has 3 rings (SSSR count). The number of nitrogens with one attached hydrogen (secondary N) is 1. The van der Waals surface area contributed by atoms with Gasteiger partial charge in [-0.3, -0.25) is 13.8 Å². The van der Waals surface area contributed by atoms with Crippen LogP contribution < -0.4 is 9.62 Å². The lowest BCUT2D eigenvalue weighted by atomic mass is 10.1. The molecule has 0 spiro atoms. The molecule has 30 heavy (non-hydrogen) atoms. The van der Waals surface area contributed by atoms with Crippen LogP contribution >= 0.6 is 0 Å². The summed E-state index contributed by atoms with van der Waals surface area (Å²) in [7, 11) is -2.44. The summed E-state index contributed by atoms with van der Waals surface area (Å²) in [6.45, 7) is 3.51. The first kappa shape index (κ1) is 21.5. The first-order chi connectivity index (χ1) is 14.2. The standard InChI is InChI=1S/C21H23FN4O3S/c1-15(2)23-21(27)18-13-17(9-10-19(18)22)26(14-16-7-5-4-6-8-16)30(28,29)20-11-12-25(3)24-20/h4-13,15H,14H2,1-3H3,(H,23,27). The Hall–Kier alpha value is -3.20. The Morgan fingerprint density at radius 1 is 1.17 bits per heavy atom. The van der Waals surface area contributed by atoms with Crippen LogP contribution in [0.4, 0.5) is 10.1 Å². The average Bonchev–Trinajstić information content (AvgIpc) is 3.14. The Bertz CT molecular complexity index is 1140. The van der Waals surface area contributed by atoms with Crippen LogP contribution in [-0.2, 0) is 23.6 Å². The van der Waals surface area contributed by atoms with Crippen molar-refractivity contribution >= 4 is 21.6 Å². The van der Waals surface area contributed by atoms with Crippen molar-refractivity contribution in [2.75, 3.05) is 4.31 Å². The van der Waals surface area contributed by atoms with Gasteiger partial charge in [-0.25, -0.2) is 4.39 Å². The van der Waals surface area contributed by atoms with E-state index in [-0.39, 0.29) is 28.9 Å². The molecule has 7 nitrogen and oxygen atoms in total. The van der Waals surface area contributed by atoms with Crippen LogP contribution in [0, 0.1) is 5.82 Å². The van der Waals surface area contributed by atoms with Crippen molar-refractivity contribution in [2.24, 2.45) is 7.05 Å². The number of halogens is 1. The molecule has 3 aromatic rings. The Morgan fingerprint density at radius 3 is 2.47 bits per heavy atom. The number of carbonyl (C=O) groups is 1. The molecule has 0 fully saturated rings. The lowest BCUT2D eigenvalue weighted by Gasteiger charge is -2.24. The van der Waals surface area contributed by atoms with Crippen LogP contribution in [0.5, 0.6) is 0 Å². The molecule has 0 aliphatic rings. The smallest absolute Gasteiger partial charge is 0.283 e. The number of amides is 1. The topological polar surface area (TPSA) is 84.3 Å². The zero-order valence-corrected chi connectivity index (χ0v) is 17.7. The van der Waals surface area contributed by atoms with E-state index < -0.39 is 21.7 Å². The van der Waals surface area contributed by atoms with E-state index >= 15 is 0 Å². The minimum absolute atomic E-state index is 0.00335. The SMILES string of the molecule is CC(C)NC(=O)c1cc(N(Cc2ccccc2)S(=O)(=O)c2ccn(C)n2)ccc1F. The van der Waals surface area contributed by atoms with Gasteiger partial charge >= 0.3 is 0 Å². The number of sulfonamides is 1. The van der Waals surface area contributed by atoms with Gasteiger partial charge in [0.25, 0.3) is 15.9 Å². The maximum absolute atomic E-state index is 14.3. The second-order valence-corrected chi connectivity index (χ2v) is 8.93. The van der Waals surface area contributed by atoms with Crippen LogP contribution in [0.2, 0.25) is 0 Å². The van der Waals surface area contributed by atoms with Gasteiger partial charge in [0, 0.05) is 19.3 Å². The van der Waals surface area contributed by atoms with Crippen molar-refractivity contribution < 1.29 is 17.6 Å². The number of hydrogen-bond donors (Lipinski definition) is 1. The lowest BCUT2D eigenvalue weighted by Crippen LogP contribution is -2.33. The maximum atomic E-state index is 14.3. The quantitative estimate of drug-likeness (QED) is 0.624. The highest BCUT2D eigenvalue weighted by Gasteiger charge is 2.29. The molecule has 1 heterocycles. The highest BCUT2D eigenvalue weighted by atomic mass is 32.2. The third kappa shape index (κ3) is 4.68. The van der Waals surface area contributed by atoms with Gasteiger partial charge in [-0.2, -0.15) is 13.5 Å². The van der Waals surface area contributed by atoms with Crippen molar-refractivity contribution in [1.29, 1.82) is 0 Å². The molecule has 0 aliphatic carbocycles. The summed E-state index contributed by atoms with van der Waals surface area (Å²) in [5, 5.41) is 6.51. The van der Waals surface area contributed by atoms with Gasteiger partial charge in [-0.05, 0) is 43.7 Å². The lowest BCUT2D eigenvalue weighted by molar-refractivity contribution is 0.0939. The third-order valence-electron chi connectivity index (χ3n) is 4.31. The predicted octanol–water partition coefficient (Wildman–Crippen LogP) is 3.09. The first-order valence-electron chi connectivity index (χ1n) is 9.35. The molecule has 2 aromatic carbocycles. The van der Waals surface area contributed by atoms with E-state index in [4.69, 9.17) is 0 Å². The highest BCUT2D eigenvalue weighted by Crippen LogP contribution is 2.27. The van der Waals surface area contributed by atoms with Crippen molar-refractivity contribution in [2.45, 2.75) is 31.5 Å². The number of aromatic nitrogens is 2. The summed E-state index contributed by atoms with van der Waals surface area (Å²) in [5.41, 5.74) is 0.671. The molecule has 0 saturated heterocycles. The van der Waals surface area contributed by atoms with Crippen LogP contribution in [0.3, 0.4) is 0 Å². The summed E-state index contributed by atoms with van der Waals surface area (Å²) in [4.78, 5) is 12.4. The van der Waals surface area contributed by atoms with Gasteiger partial charge in [-0.1, -0.05) is 30.3 Å². The van der Waals surface area contributed by atoms with Gasteiger partial charge < -0.3 is 5.32 Å². The van der Waals surface area contributed by atoms with E-state index in [9.17, 15) is 17.6 Å². The minimum atomic E-state index is -4.06. The van der Waals surface area contributed by atoms with E-state index in [0.29, 0.717) is 0 Å². The van der Waals surface area contributed by atoms with Crippen LogP contribution in [0.15, 0.2) is 65.8 Å². The highest BCUT2D eigenvalue weighted by molar-refractivity contribution is 7.92. The summed E-state index contributed by atoms with van der Waals surface area (Å²) in [6.07, 6.45) is 1.53. The Kier molecular flexibility index (Phi) is 6.21. The summed E-state index contributed by atoms with van der Waals surface area (Å²) < 4.78 is 43.5. The van der Waals surface area contributed by atoms with Crippen LogP contribution in [0.1, 0.15) is 29.8 Å². The van der Waals surface area contributed by atoms with Crippen LogP contribution in [0.25, 0.3) is 0 Å². The van der Waals surface area contributed by atoms with Gasteiger partial charge in [0.15, 0.2) is 5.03 Å². The molecule has 0 saturated carbocycles. The molecule has 0 radical (unpaired) electrons. The second-order valence-electron chi connectivity index (χ2n) is 7.12. The molecular formula is C21H23FN4O3S. The molecule has 0 bridgehead atoms. The number of anilines is 1. The summed E-state index contributed by atoms with van der Waals surface area (Å²) in [5.74, 6) is -1.34. The molecule has 1 N–H and O–H groups in total. The molecule has 0 unspecified atom stereocenters. The molecular weight excluding hydrogens is 407 g/mol. The molecule has 0 atom stereocenters. The maximum Gasteiger partial charge on any atom is 0.283 e. The summed E-state index contributed by atoms with van der Waals surface area (Å²) >= 11 is 0. The zero-order chi connectivity index (χ0) is 21.9. The number of nitrogens with zero attached hydrogens (tertiary/aromatic N) is 3. The largest absolute Gasteiger partial charge is 0.350 e. The third-order valence-corrected chi connectivity index (χ3v) is 5.98.